The van der Waals surface area contributed by atoms with Crippen molar-refractivity contribution in [1.29, 1.82) is 0 Å². The van der Waals surface area contributed by atoms with Crippen LogP contribution in [0.15, 0.2) is 0 Å². The van der Waals surface area contributed by atoms with Gasteiger partial charge in [0.1, 0.15) is 11.8 Å². The zero-order valence-electron chi connectivity index (χ0n) is 12.6. The topological polar surface area (TPSA) is 64.6 Å². The Kier molecular flexibility index (Phi) is 5.77. The van der Waals surface area contributed by atoms with Crippen LogP contribution in [0.1, 0.15) is 47.0 Å². The molecule has 0 aromatic heterocycles. The van der Waals surface area contributed by atoms with Crippen LogP contribution in [0, 0.1) is 5.92 Å². The van der Waals surface area contributed by atoms with Gasteiger partial charge in [-0.15, -0.1) is 0 Å². The van der Waals surface area contributed by atoms with Gasteiger partial charge in [0.25, 0.3) is 0 Å². The van der Waals surface area contributed by atoms with Crippen molar-refractivity contribution >= 4 is 12.1 Å². The minimum Gasteiger partial charge on any atom is -0.466 e. The highest BCUT2D eigenvalue weighted by atomic mass is 19.1. The predicted molar refractivity (Wildman–Crippen MR) is 72.0 cm³/mol. The number of carbonyl (C=O) groups excluding carboxylic acids is 2. The molecule has 1 amide bonds. The molecule has 0 aliphatic heterocycles. The molecule has 3 atom stereocenters. The molecule has 6 heteroatoms. The fourth-order valence-corrected chi connectivity index (χ4v) is 2.29. The van der Waals surface area contributed by atoms with Gasteiger partial charge in [-0.25, -0.2) is 9.18 Å². The molecular formula is C14H24FNO4. The lowest BCUT2D eigenvalue weighted by Gasteiger charge is -2.33. The Labute approximate surface area is 119 Å². The first-order valence-corrected chi connectivity index (χ1v) is 7.05. The van der Waals surface area contributed by atoms with Crippen LogP contribution in [0.4, 0.5) is 9.18 Å². The lowest BCUT2D eigenvalue weighted by Crippen LogP contribution is -2.52. The van der Waals surface area contributed by atoms with Crippen LogP contribution >= 0.6 is 0 Å². The van der Waals surface area contributed by atoms with Crippen molar-refractivity contribution in [2.45, 2.75) is 64.8 Å². The average Bonchev–Trinajstić information content (AvgIpc) is 2.29. The molecule has 1 saturated carbocycles. The summed E-state index contributed by atoms with van der Waals surface area (Å²) in [6.45, 7) is 7.12. The molecule has 116 valence electrons. The molecule has 1 rings (SSSR count). The molecule has 0 aromatic rings. The average molecular weight is 289 g/mol. The summed E-state index contributed by atoms with van der Waals surface area (Å²) in [6, 6.07) is -0.877. The zero-order chi connectivity index (χ0) is 15.3. The number of alkyl carbamates (subject to hydrolysis) is 1. The Morgan fingerprint density at radius 2 is 1.95 bits per heavy atom. The van der Waals surface area contributed by atoms with Gasteiger partial charge in [-0.3, -0.25) is 4.79 Å². The highest BCUT2D eigenvalue weighted by molar-refractivity contribution is 5.75. The van der Waals surface area contributed by atoms with E-state index >= 15 is 0 Å². The summed E-state index contributed by atoms with van der Waals surface area (Å²) >= 11 is 0. The normalized spacial score (nSPS) is 26.8. The smallest absolute Gasteiger partial charge is 0.407 e. The van der Waals surface area contributed by atoms with Crippen molar-refractivity contribution in [3.05, 3.63) is 0 Å². The summed E-state index contributed by atoms with van der Waals surface area (Å²) in [5.74, 6) is -1.11. The van der Waals surface area contributed by atoms with E-state index in [-0.39, 0.29) is 6.61 Å². The lowest BCUT2D eigenvalue weighted by molar-refractivity contribution is -0.151. The SMILES string of the molecule is CCOC(=O)[C@H]1CCC[C@@H](F)[C@@H]1NC(=O)OC(C)(C)C. The Hall–Kier alpha value is -1.33. The third-order valence-electron chi connectivity index (χ3n) is 3.09. The second-order valence-electron chi connectivity index (χ2n) is 5.98. The second-order valence-corrected chi connectivity index (χ2v) is 5.98. The molecule has 0 saturated heterocycles. The summed E-state index contributed by atoms with van der Waals surface area (Å²) in [6.07, 6.45) is -0.514. The van der Waals surface area contributed by atoms with E-state index in [1.54, 1.807) is 27.7 Å². The molecule has 1 aliphatic carbocycles. The third kappa shape index (κ3) is 4.98. The van der Waals surface area contributed by atoms with Crippen molar-refractivity contribution in [2.24, 2.45) is 5.92 Å². The van der Waals surface area contributed by atoms with Crippen LogP contribution in [0.5, 0.6) is 0 Å². The Morgan fingerprint density at radius 1 is 1.30 bits per heavy atom. The lowest BCUT2D eigenvalue weighted by atomic mass is 9.83. The number of ether oxygens (including phenoxy) is 2. The standard InChI is InChI=1S/C14H24FNO4/c1-5-19-12(17)9-7-6-8-10(15)11(9)16-13(18)20-14(2,3)4/h9-11H,5-8H2,1-4H3,(H,16,18)/t9-,10+,11+/m0/s1. The number of hydrogen-bond acceptors (Lipinski definition) is 4. The van der Waals surface area contributed by atoms with Crippen molar-refractivity contribution in [2.75, 3.05) is 6.61 Å². The predicted octanol–water partition coefficient (Wildman–Crippen LogP) is 2.58. The molecule has 5 nitrogen and oxygen atoms in total. The van der Waals surface area contributed by atoms with Crippen LogP contribution in [-0.4, -0.2) is 36.5 Å². The van der Waals surface area contributed by atoms with Crippen LogP contribution < -0.4 is 5.32 Å². The van der Waals surface area contributed by atoms with Crippen LogP contribution in [0.25, 0.3) is 0 Å². The number of hydrogen-bond donors (Lipinski definition) is 1. The first-order valence-electron chi connectivity index (χ1n) is 7.05. The highest BCUT2D eigenvalue weighted by Crippen LogP contribution is 2.28. The van der Waals surface area contributed by atoms with E-state index in [1.807, 2.05) is 0 Å². The molecular weight excluding hydrogens is 265 g/mol. The van der Waals surface area contributed by atoms with Gasteiger partial charge in [0.05, 0.1) is 18.6 Å². The van der Waals surface area contributed by atoms with E-state index in [1.165, 1.54) is 0 Å². The molecule has 0 heterocycles. The summed E-state index contributed by atoms with van der Waals surface area (Å²) in [5, 5.41) is 2.48. The van der Waals surface area contributed by atoms with Crippen molar-refractivity contribution in [3.63, 3.8) is 0 Å². The quantitative estimate of drug-likeness (QED) is 0.811. The van der Waals surface area contributed by atoms with E-state index in [0.29, 0.717) is 19.3 Å². The van der Waals surface area contributed by atoms with Gasteiger partial charge in [-0.1, -0.05) is 0 Å². The molecule has 20 heavy (non-hydrogen) atoms. The fourth-order valence-electron chi connectivity index (χ4n) is 2.29. The Morgan fingerprint density at radius 3 is 2.50 bits per heavy atom. The Bertz CT molecular complexity index is 354. The maximum absolute atomic E-state index is 14.0. The number of rotatable bonds is 3. The number of carbonyl (C=O) groups is 2. The number of esters is 1. The fraction of sp³-hybridized carbons (Fsp3) is 0.857. The van der Waals surface area contributed by atoms with Gasteiger partial charge in [0, 0.05) is 0 Å². The van der Waals surface area contributed by atoms with Gasteiger partial charge in [-0.05, 0) is 47.0 Å². The monoisotopic (exact) mass is 289 g/mol. The summed E-state index contributed by atoms with van der Waals surface area (Å²) in [5.41, 5.74) is -0.663. The first kappa shape index (κ1) is 16.7. The molecule has 1 fully saturated rings. The van der Waals surface area contributed by atoms with Gasteiger partial charge >= 0.3 is 12.1 Å². The third-order valence-corrected chi connectivity index (χ3v) is 3.09. The van der Waals surface area contributed by atoms with Crippen LogP contribution in [-0.2, 0) is 14.3 Å². The van der Waals surface area contributed by atoms with E-state index in [2.05, 4.69) is 5.32 Å². The van der Waals surface area contributed by atoms with Crippen LogP contribution in [0.2, 0.25) is 0 Å². The summed E-state index contributed by atoms with van der Waals surface area (Å²) in [7, 11) is 0. The number of halogens is 1. The molecule has 1 N–H and O–H groups in total. The molecule has 0 spiro atoms. The maximum atomic E-state index is 14.0. The maximum Gasteiger partial charge on any atom is 0.407 e. The van der Waals surface area contributed by atoms with E-state index in [0.717, 1.165) is 0 Å². The summed E-state index contributed by atoms with van der Waals surface area (Å²) < 4.78 is 24.1. The molecule has 0 unspecified atom stereocenters. The van der Waals surface area contributed by atoms with E-state index in [9.17, 15) is 14.0 Å². The van der Waals surface area contributed by atoms with Gasteiger partial charge in [0.15, 0.2) is 0 Å². The molecule has 1 aliphatic rings. The van der Waals surface area contributed by atoms with Gasteiger partial charge in [-0.2, -0.15) is 0 Å². The molecule has 0 bridgehead atoms. The van der Waals surface area contributed by atoms with E-state index < -0.39 is 35.8 Å². The van der Waals surface area contributed by atoms with Gasteiger partial charge < -0.3 is 14.8 Å². The first-order chi connectivity index (χ1) is 9.24. The molecule has 0 radical (unpaired) electrons. The zero-order valence-corrected chi connectivity index (χ0v) is 12.6. The summed E-state index contributed by atoms with van der Waals surface area (Å²) in [4.78, 5) is 23.6. The van der Waals surface area contributed by atoms with Crippen molar-refractivity contribution in [3.8, 4) is 0 Å². The minimum absolute atomic E-state index is 0.242. The number of amides is 1. The van der Waals surface area contributed by atoms with E-state index in [4.69, 9.17) is 9.47 Å². The largest absolute Gasteiger partial charge is 0.466 e. The van der Waals surface area contributed by atoms with Gasteiger partial charge in [0.2, 0.25) is 0 Å². The number of nitrogens with one attached hydrogen (secondary N) is 1. The van der Waals surface area contributed by atoms with Crippen molar-refractivity contribution in [1.82, 2.24) is 5.32 Å². The van der Waals surface area contributed by atoms with Crippen molar-refractivity contribution < 1.29 is 23.5 Å². The number of alkyl halides is 1. The Balaban J connectivity index is 2.70. The molecule has 0 aromatic carbocycles. The minimum atomic E-state index is -1.26. The second kappa shape index (κ2) is 6.90. The highest BCUT2D eigenvalue weighted by Gasteiger charge is 2.40. The van der Waals surface area contributed by atoms with Crippen LogP contribution in [0.3, 0.4) is 0 Å².